The first-order valence-corrected chi connectivity index (χ1v) is 4.67. The minimum absolute atomic E-state index is 0.0584. The first-order valence-electron chi connectivity index (χ1n) is 4.67. The fourth-order valence-corrected chi connectivity index (χ4v) is 1.01. The largest absolute Gasteiger partial charge is 0.455 e. The van der Waals surface area contributed by atoms with Crippen molar-refractivity contribution in [1.82, 2.24) is 0 Å². The Morgan fingerprint density at radius 2 is 2.31 bits per heavy atom. The molecule has 0 atom stereocenters. The topological polar surface area (TPSA) is 76.7 Å². The van der Waals surface area contributed by atoms with Gasteiger partial charge in [-0.3, -0.25) is 4.79 Å². The molecule has 5 nitrogen and oxygen atoms in total. The molecule has 0 spiro atoms. The quantitative estimate of drug-likeness (QED) is 0.444. The zero-order chi connectivity index (χ0) is 12.0. The lowest BCUT2D eigenvalue weighted by atomic mass is 10.2. The lowest BCUT2D eigenvalue weighted by molar-refractivity contribution is -0.141. The van der Waals surface area contributed by atoms with E-state index in [0.29, 0.717) is 12.0 Å². The van der Waals surface area contributed by atoms with Gasteiger partial charge in [0.1, 0.15) is 12.4 Å². The molecular formula is C11H12O5. The maximum absolute atomic E-state index is 11.2. The van der Waals surface area contributed by atoms with Crippen LogP contribution in [0.5, 0.6) is 0 Å². The number of aliphatic hydroxyl groups excluding tert-OH is 1. The van der Waals surface area contributed by atoms with E-state index in [4.69, 9.17) is 14.3 Å². The zero-order valence-electron chi connectivity index (χ0n) is 8.64. The Balaban J connectivity index is 2.42. The highest BCUT2D eigenvalue weighted by atomic mass is 16.5. The van der Waals surface area contributed by atoms with Gasteiger partial charge < -0.3 is 14.3 Å². The average Bonchev–Trinajstić information content (AvgIpc) is 2.74. The van der Waals surface area contributed by atoms with Crippen molar-refractivity contribution in [3.05, 3.63) is 35.8 Å². The summed E-state index contributed by atoms with van der Waals surface area (Å²) in [5.41, 5.74) is 0.199. The first kappa shape index (κ1) is 12.2. The maximum atomic E-state index is 11.2. The van der Waals surface area contributed by atoms with Gasteiger partial charge in [-0.25, -0.2) is 4.79 Å². The second-order valence-electron chi connectivity index (χ2n) is 3.08. The van der Waals surface area contributed by atoms with E-state index < -0.39 is 5.97 Å². The summed E-state index contributed by atoms with van der Waals surface area (Å²) in [7, 11) is 0. The van der Waals surface area contributed by atoms with Crippen molar-refractivity contribution in [3.8, 4) is 0 Å². The number of hydrogen-bond donors (Lipinski definition) is 1. The zero-order valence-corrected chi connectivity index (χ0v) is 8.64. The Morgan fingerprint density at radius 1 is 1.56 bits per heavy atom. The van der Waals surface area contributed by atoms with E-state index in [1.807, 2.05) is 0 Å². The molecule has 1 N–H and O–H groups in total. The van der Waals surface area contributed by atoms with E-state index in [-0.39, 0.29) is 31.0 Å². The van der Waals surface area contributed by atoms with Gasteiger partial charge in [0.05, 0.1) is 0 Å². The van der Waals surface area contributed by atoms with Crippen molar-refractivity contribution in [2.24, 2.45) is 0 Å². The number of esters is 1. The Kier molecular flexibility index (Phi) is 4.47. The van der Waals surface area contributed by atoms with Crippen LogP contribution >= 0.6 is 0 Å². The molecule has 1 rings (SSSR count). The highest BCUT2D eigenvalue weighted by molar-refractivity contribution is 5.87. The molecule has 0 aliphatic carbocycles. The highest BCUT2D eigenvalue weighted by Crippen LogP contribution is 2.09. The second kappa shape index (κ2) is 5.87. The van der Waals surface area contributed by atoms with Gasteiger partial charge in [-0.15, -0.1) is 0 Å². The molecule has 1 heterocycles. The van der Waals surface area contributed by atoms with Crippen molar-refractivity contribution in [2.45, 2.75) is 13.0 Å². The molecule has 0 saturated heterocycles. The summed E-state index contributed by atoms with van der Waals surface area (Å²) >= 11 is 0. The minimum Gasteiger partial charge on any atom is -0.455 e. The molecule has 1 aromatic heterocycles. The van der Waals surface area contributed by atoms with Gasteiger partial charge in [0.2, 0.25) is 0 Å². The number of furan rings is 1. The monoisotopic (exact) mass is 224 g/mol. The molecule has 16 heavy (non-hydrogen) atoms. The smallest absolute Gasteiger partial charge is 0.333 e. The highest BCUT2D eigenvalue weighted by Gasteiger charge is 2.09. The Morgan fingerprint density at radius 3 is 2.88 bits per heavy atom. The molecule has 0 saturated carbocycles. The lowest BCUT2D eigenvalue weighted by Crippen LogP contribution is -2.08. The van der Waals surface area contributed by atoms with Gasteiger partial charge >= 0.3 is 5.97 Å². The first-order chi connectivity index (χ1) is 7.67. The number of carbonyl (C=O) groups is 2. The molecule has 0 radical (unpaired) electrons. The Labute approximate surface area is 92.3 Å². The molecule has 0 unspecified atom stereocenters. The fourth-order valence-electron chi connectivity index (χ4n) is 1.01. The third-order valence-corrected chi connectivity index (χ3v) is 1.85. The number of aliphatic hydroxyl groups is 1. The molecule has 0 aliphatic heterocycles. The van der Waals surface area contributed by atoms with Crippen molar-refractivity contribution >= 4 is 12.3 Å². The van der Waals surface area contributed by atoms with E-state index >= 15 is 0 Å². The predicted octanol–water partition coefficient (Wildman–Crippen LogP) is 1.07. The van der Waals surface area contributed by atoms with Crippen LogP contribution in [0, 0.1) is 0 Å². The number of carbonyl (C=O) groups excluding carboxylic acids is 2. The normalized spacial score (nSPS) is 9.81. The van der Waals surface area contributed by atoms with E-state index in [1.165, 1.54) is 6.07 Å². The summed E-state index contributed by atoms with van der Waals surface area (Å²) < 4.78 is 9.84. The number of aldehydes is 1. The van der Waals surface area contributed by atoms with Gasteiger partial charge in [-0.2, -0.15) is 0 Å². The third-order valence-electron chi connectivity index (χ3n) is 1.85. The van der Waals surface area contributed by atoms with E-state index in [9.17, 15) is 9.59 Å². The summed E-state index contributed by atoms with van der Waals surface area (Å²) in [6.45, 7) is 3.25. The average molecular weight is 224 g/mol. The number of hydrogen-bond acceptors (Lipinski definition) is 5. The summed E-state index contributed by atoms with van der Waals surface area (Å²) in [5.74, 6) is -0.0226. The van der Waals surface area contributed by atoms with Crippen molar-refractivity contribution in [1.29, 1.82) is 0 Å². The SMILES string of the molecule is C=C(CCO)C(=O)OCc1ccc(C=O)o1. The van der Waals surface area contributed by atoms with Gasteiger partial charge in [0.25, 0.3) is 0 Å². The van der Waals surface area contributed by atoms with Crippen LogP contribution in [0.15, 0.2) is 28.7 Å². The predicted molar refractivity (Wildman–Crippen MR) is 54.7 cm³/mol. The number of rotatable bonds is 6. The molecule has 1 aromatic rings. The van der Waals surface area contributed by atoms with Crippen LogP contribution in [0.4, 0.5) is 0 Å². The molecule has 86 valence electrons. The van der Waals surface area contributed by atoms with Gasteiger partial charge in [0, 0.05) is 18.6 Å². The van der Waals surface area contributed by atoms with Crippen molar-refractivity contribution in [2.75, 3.05) is 6.61 Å². The van der Waals surface area contributed by atoms with E-state index in [1.54, 1.807) is 6.07 Å². The van der Waals surface area contributed by atoms with E-state index in [0.717, 1.165) is 0 Å². The lowest BCUT2D eigenvalue weighted by Gasteiger charge is -2.03. The fraction of sp³-hybridized carbons (Fsp3) is 0.273. The molecule has 0 aromatic carbocycles. The summed E-state index contributed by atoms with van der Waals surface area (Å²) in [6, 6.07) is 3.03. The molecule has 0 fully saturated rings. The molecule has 0 bridgehead atoms. The van der Waals surface area contributed by atoms with Crippen LogP contribution in [0.1, 0.15) is 22.7 Å². The van der Waals surface area contributed by atoms with Crippen LogP contribution in [-0.4, -0.2) is 24.0 Å². The van der Waals surface area contributed by atoms with Gasteiger partial charge in [-0.1, -0.05) is 6.58 Å². The standard InChI is InChI=1S/C11H12O5/c1-8(4-5-12)11(14)15-7-10-3-2-9(6-13)16-10/h2-3,6,12H,1,4-5,7H2. The van der Waals surface area contributed by atoms with Gasteiger partial charge in [-0.05, 0) is 12.1 Å². The summed E-state index contributed by atoms with van der Waals surface area (Å²) in [5, 5.41) is 8.58. The Bertz CT molecular complexity index is 391. The summed E-state index contributed by atoms with van der Waals surface area (Å²) in [4.78, 5) is 21.5. The minimum atomic E-state index is -0.585. The molecule has 5 heteroatoms. The van der Waals surface area contributed by atoms with Crippen molar-refractivity contribution in [3.63, 3.8) is 0 Å². The van der Waals surface area contributed by atoms with Crippen LogP contribution in [-0.2, 0) is 16.1 Å². The van der Waals surface area contributed by atoms with Crippen LogP contribution < -0.4 is 0 Å². The van der Waals surface area contributed by atoms with E-state index in [2.05, 4.69) is 6.58 Å². The maximum Gasteiger partial charge on any atom is 0.333 e. The van der Waals surface area contributed by atoms with Crippen molar-refractivity contribution < 1.29 is 23.8 Å². The third kappa shape index (κ3) is 3.36. The molecule has 0 aliphatic rings. The molecule has 0 amide bonds. The van der Waals surface area contributed by atoms with Crippen LogP contribution in [0.25, 0.3) is 0 Å². The van der Waals surface area contributed by atoms with Crippen LogP contribution in [0.2, 0.25) is 0 Å². The number of ether oxygens (including phenoxy) is 1. The second-order valence-corrected chi connectivity index (χ2v) is 3.08. The molecular weight excluding hydrogens is 212 g/mol. The summed E-state index contributed by atoms with van der Waals surface area (Å²) in [6.07, 6.45) is 0.743. The van der Waals surface area contributed by atoms with Gasteiger partial charge in [0.15, 0.2) is 12.0 Å². The van der Waals surface area contributed by atoms with Crippen LogP contribution in [0.3, 0.4) is 0 Å². The Hall–Kier alpha value is -1.88.